The minimum Gasteiger partial charge on any atom is -0.483 e. The van der Waals surface area contributed by atoms with Gasteiger partial charge in [0, 0.05) is 5.71 Å². The van der Waals surface area contributed by atoms with Gasteiger partial charge < -0.3 is 9.84 Å². The second-order valence-corrected chi connectivity index (χ2v) is 7.34. The van der Waals surface area contributed by atoms with E-state index in [0.717, 1.165) is 16.7 Å². The lowest BCUT2D eigenvalue weighted by molar-refractivity contribution is -0.317. The van der Waals surface area contributed by atoms with Gasteiger partial charge in [0.1, 0.15) is 5.75 Å². The molecule has 1 heterocycles. The van der Waals surface area contributed by atoms with Crippen molar-refractivity contribution < 1.29 is 27.8 Å². The van der Waals surface area contributed by atoms with E-state index in [2.05, 4.69) is 5.10 Å². The molecule has 3 rings (SSSR count). The Labute approximate surface area is 155 Å². The summed E-state index contributed by atoms with van der Waals surface area (Å²) < 4.78 is 46.6. The Morgan fingerprint density at radius 1 is 1.30 bits per heavy atom. The SMILES string of the molecule is Cc1cc(C)c(OCC(=O)N2N=C3CCCC[C@@H]3[C@@]2(O)C(F)(F)F)c(C)c1. The van der Waals surface area contributed by atoms with Crippen LogP contribution in [0.4, 0.5) is 13.2 Å². The highest BCUT2D eigenvalue weighted by Crippen LogP contribution is 2.48. The molecule has 1 saturated carbocycles. The number of benzene rings is 1. The molecule has 8 heteroatoms. The third-order valence-corrected chi connectivity index (χ3v) is 5.21. The predicted molar refractivity (Wildman–Crippen MR) is 93.4 cm³/mol. The van der Waals surface area contributed by atoms with Crippen LogP contribution in [0, 0.1) is 26.7 Å². The Bertz CT molecular complexity index is 768. The molecule has 1 N–H and O–H groups in total. The van der Waals surface area contributed by atoms with Crippen molar-refractivity contribution >= 4 is 11.6 Å². The number of hydrazone groups is 1. The third kappa shape index (κ3) is 3.31. The summed E-state index contributed by atoms with van der Waals surface area (Å²) in [6.07, 6.45) is -3.25. The van der Waals surface area contributed by atoms with E-state index in [0.29, 0.717) is 25.0 Å². The van der Waals surface area contributed by atoms with Crippen LogP contribution in [0.1, 0.15) is 42.4 Å². The Morgan fingerprint density at radius 3 is 2.52 bits per heavy atom. The Hall–Kier alpha value is -2.09. The summed E-state index contributed by atoms with van der Waals surface area (Å²) in [7, 11) is 0. The summed E-state index contributed by atoms with van der Waals surface area (Å²) in [5.74, 6) is -1.78. The van der Waals surface area contributed by atoms with E-state index in [-0.39, 0.29) is 17.1 Å². The Morgan fingerprint density at radius 2 is 1.93 bits per heavy atom. The van der Waals surface area contributed by atoms with E-state index in [1.807, 2.05) is 19.1 Å². The number of hydrogen-bond donors (Lipinski definition) is 1. The largest absolute Gasteiger partial charge is 0.483 e. The number of alkyl halides is 3. The van der Waals surface area contributed by atoms with E-state index in [1.165, 1.54) is 0 Å². The van der Waals surface area contributed by atoms with E-state index < -0.39 is 30.3 Å². The molecule has 2 aliphatic rings. The molecule has 0 bridgehead atoms. The lowest BCUT2D eigenvalue weighted by Gasteiger charge is -2.38. The van der Waals surface area contributed by atoms with E-state index >= 15 is 0 Å². The Balaban J connectivity index is 1.84. The van der Waals surface area contributed by atoms with E-state index in [1.54, 1.807) is 13.8 Å². The number of carbonyl (C=O) groups excluding carboxylic acids is 1. The predicted octanol–water partition coefficient (Wildman–Crippen LogP) is 3.63. The average molecular weight is 384 g/mol. The maximum Gasteiger partial charge on any atom is 0.439 e. The monoisotopic (exact) mass is 384 g/mol. The van der Waals surface area contributed by atoms with Crippen molar-refractivity contribution in [2.45, 2.75) is 58.4 Å². The van der Waals surface area contributed by atoms with Gasteiger partial charge in [0.2, 0.25) is 0 Å². The number of fused-ring (bicyclic) bond motifs is 1. The molecule has 1 aliphatic heterocycles. The Kier molecular flexibility index (Phi) is 4.96. The molecule has 27 heavy (non-hydrogen) atoms. The molecule has 1 fully saturated rings. The number of rotatable bonds is 3. The second kappa shape index (κ2) is 6.82. The molecule has 0 spiro atoms. The highest BCUT2D eigenvalue weighted by Gasteiger charge is 2.68. The molecular formula is C19H23F3N2O3. The first-order chi connectivity index (χ1) is 12.6. The van der Waals surface area contributed by atoms with Gasteiger partial charge in [0.15, 0.2) is 6.61 Å². The van der Waals surface area contributed by atoms with Crippen LogP contribution in [-0.2, 0) is 4.79 Å². The van der Waals surface area contributed by atoms with E-state index in [4.69, 9.17) is 4.74 Å². The maximum atomic E-state index is 13.7. The molecular weight excluding hydrogens is 361 g/mol. The van der Waals surface area contributed by atoms with Crippen molar-refractivity contribution in [3.8, 4) is 5.75 Å². The zero-order chi connectivity index (χ0) is 20.0. The molecule has 1 aromatic carbocycles. The smallest absolute Gasteiger partial charge is 0.439 e. The van der Waals surface area contributed by atoms with Gasteiger partial charge in [0.05, 0.1) is 5.92 Å². The molecule has 0 radical (unpaired) electrons. The first kappa shape index (κ1) is 19.7. The number of carbonyl (C=O) groups is 1. The minimum absolute atomic E-state index is 0.148. The van der Waals surface area contributed by atoms with Crippen molar-refractivity contribution in [2.75, 3.05) is 6.61 Å². The van der Waals surface area contributed by atoms with Gasteiger partial charge >= 0.3 is 6.18 Å². The highest BCUT2D eigenvalue weighted by atomic mass is 19.4. The number of halogens is 3. The van der Waals surface area contributed by atoms with Gasteiger partial charge in [-0.3, -0.25) is 4.79 Å². The normalized spacial score (nSPS) is 25.2. The topological polar surface area (TPSA) is 62.1 Å². The van der Waals surface area contributed by atoms with Gasteiger partial charge in [-0.25, -0.2) is 0 Å². The van der Waals surface area contributed by atoms with Gasteiger partial charge in [0.25, 0.3) is 11.6 Å². The second-order valence-electron chi connectivity index (χ2n) is 7.34. The van der Waals surface area contributed by atoms with Gasteiger partial charge in [-0.05, 0) is 51.2 Å². The first-order valence-corrected chi connectivity index (χ1v) is 8.96. The maximum absolute atomic E-state index is 13.7. The standard InChI is InChI=1S/C19H23F3N2O3/c1-11-8-12(2)17(13(3)9-11)27-10-16(25)24-18(26,19(20,21)22)14-6-4-5-7-15(14)23-24/h8-9,14,26H,4-7,10H2,1-3H3/t14-,18+/m0/s1. The fourth-order valence-electron chi connectivity index (χ4n) is 4.05. The molecule has 0 saturated heterocycles. The van der Waals surface area contributed by atoms with Crippen molar-refractivity contribution in [1.29, 1.82) is 0 Å². The molecule has 2 atom stereocenters. The van der Waals surface area contributed by atoms with Crippen LogP contribution in [0.15, 0.2) is 17.2 Å². The molecule has 1 aromatic rings. The fourth-order valence-corrected chi connectivity index (χ4v) is 4.05. The summed E-state index contributed by atoms with van der Waals surface area (Å²) in [6, 6.07) is 3.73. The molecule has 148 valence electrons. The molecule has 0 aromatic heterocycles. The lowest BCUT2D eigenvalue weighted by Crippen LogP contribution is -2.62. The van der Waals surface area contributed by atoms with Crippen LogP contribution >= 0.6 is 0 Å². The van der Waals surface area contributed by atoms with Crippen LogP contribution in [-0.4, -0.2) is 40.2 Å². The summed E-state index contributed by atoms with van der Waals surface area (Å²) >= 11 is 0. The molecule has 5 nitrogen and oxygen atoms in total. The number of nitrogens with zero attached hydrogens (tertiary/aromatic N) is 2. The number of amides is 1. The van der Waals surface area contributed by atoms with Crippen molar-refractivity contribution in [1.82, 2.24) is 5.01 Å². The van der Waals surface area contributed by atoms with Gasteiger partial charge in [-0.15, -0.1) is 0 Å². The van der Waals surface area contributed by atoms with Crippen LogP contribution in [0.2, 0.25) is 0 Å². The summed E-state index contributed by atoms with van der Waals surface area (Å²) in [5, 5.41) is 14.5. The van der Waals surface area contributed by atoms with Crippen molar-refractivity contribution in [3.63, 3.8) is 0 Å². The quantitative estimate of drug-likeness (QED) is 0.866. The van der Waals surface area contributed by atoms with Crippen LogP contribution in [0.3, 0.4) is 0 Å². The fraction of sp³-hybridized carbons (Fsp3) is 0.579. The molecule has 1 aliphatic carbocycles. The van der Waals surface area contributed by atoms with Crippen LogP contribution in [0.5, 0.6) is 5.75 Å². The number of ether oxygens (including phenoxy) is 1. The zero-order valence-electron chi connectivity index (χ0n) is 15.6. The third-order valence-electron chi connectivity index (χ3n) is 5.21. The van der Waals surface area contributed by atoms with Crippen LogP contribution < -0.4 is 4.74 Å². The number of hydrogen-bond acceptors (Lipinski definition) is 4. The highest BCUT2D eigenvalue weighted by molar-refractivity contribution is 5.93. The van der Waals surface area contributed by atoms with Gasteiger partial charge in [-0.1, -0.05) is 24.1 Å². The minimum atomic E-state index is -5.01. The van der Waals surface area contributed by atoms with E-state index in [9.17, 15) is 23.1 Å². The summed E-state index contributed by atoms with van der Waals surface area (Å²) in [5.41, 5.74) is -0.483. The number of aliphatic hydroxyl groups is 1. The van der Waals surface area contributed by atoms with Crippen molar-refractivity contribution in [3.05, 3.63) is 28.8 Å². The lowest BCUT2D eigenvalue weighted by atomic mass is 9.80. The van der Waals surface area contributed by atoms with Gasteiger partial charge in [-0.2, -0.15) is 23.3 Å². The van der Waals surface area contributed by atoms with Crippen LogP contribution in [0.25, 0.3) is 0 Å². The van der Waals surface area contributed by atoms with Crippen molar-refractivity contribution in [2.24, 2.45) is 11.0 Å². The molecule has 0 unspecified atom stereocenters. The summed E-state index contributed by atoms with van der Waals surface area (Å²) in [6.45, 7) is 4.89. The molecule has 1 amide bonds. The first-order valence-electron chi connectivity index (χ1n) is 8.96. The zero-order valence-corrected chi connectivity index (χ0v) is 15.6. The average Bonchev–Trinajstić information content (AvgIpc) is 2.88. The summed E-state index contributed by atoms with van der Waals surface area (Å²) in [4.78, 5) is 12.5. The number of aryl methyl sites for hydroxylation is 3.